The molecule has 134 valence electrons. The molecule has 0 spiro atoms. The van der Waals surface area contributed by atoms with Crippen molar-refractivity contribution in [2.75, 3.05) is 0 Å². The summed E-state index contributed by atoms with van der Waals surface area (Å²) < 4.78 is 118. The van der Waals surface area contributed by atoms with Gasteiger partial charge in [0, 0.05) is 37.2 Å². The molecule has 0 aromatic rings. The first-order valence-corrected chi connectivity index (χ1v) is 15.0. The Morgan fingerprint density at radius 2 is 0.292 bits per heavy atom. The van der Waals surface area contributed by atoms with Gasteiger partial charge in [-0.25, -0.2) is 0 Å². The molecule has 0 bridgehead atoms. The summed E-state index contributed by atoms with van der Waals surface area (Å²) in [4.78, 5) is 0. The van der Waals surface area contributed by atoms with Crippen molar-refractivity contribution in [1.82, 2.24) is 0 Å². The first-order valence-electron chi connectivity index (χ1n) is 3.00. The molecule has 0 saturated carbocycles. The molecule has 0 aromatic heterocycles. The van der Waals surface area contributed by atoms with Crippen LogP contribution in [0.4, 0.5) is 0 Å². The van der Waals surface area contributed by atoms with Crippen LogP contribution in [-0.2, 0) is 62.5 Å². The summed E-state index contributed by atoms with van der Waals surface area (Å²) in [5.41, 5.74) is 0. The lowest BCUT2D eigenvalue weighted by Crippen LogP contribution is -1.26. The van der Waals surface area contributed by atoms with Crippen molar-refractivity contribution in [3.05, 3.63) is 0 Å². The van der Waals surface area contributed by atoms with E-state index in [1.807, 2.05) is 0 Å². The van der Waals surface area contributed by atoms with Gasteiger partial charge >= 0.3 is 65.0 Å². The lowest BCUT2D eigenvalue weighted by Gasteiger charge is -1.000. The second-order valence-electron chi connectivity index (χ2n) is 0.583. The molecule has 0 atom stereocenters. The molecule has 0 amide bonds. The molecule has 0 aliphatic rings. The van der Waals surface area contributed by atoms with E-state index in [-0.39, 0.29) is 7.43 Å². The van der Waals surface area contributed by atoms with Crippen LogP contribution in [0.5, 0.6) is 0 Å². The molecule has 14 nitrogen and oxygen atoms in total. The van der Waals surface area contributed by atoms with E-state index in [0.717, 1.165) is 0 Å². The van der Waals surface area contributed by atoms with Crippen LogP contribution >= 0.6 is 37.2 Å². The summed E-state index contributed by atoms with van der Waals surface area (Å²) in [5, 5.41) is 0. The fourth-order valence-corrected chi connectivity index (χ4v) is 0. The van der Waals surface area contributed by atoms with Crippen molar-refractivity contribution in [1.29, 1.82) is 0 Å². The summed E-state index contributed by atoms with van der Waals surface area (Å²) >= 11 is 4.24. The smallest absolute Gasteiger partial charge is 0.274 e. The quantitative estimate of drug-likeness (QED) is 0.199. The van der Waals surface area contributed by atoms with Crippen LogP contribution in [-0.4, -0.2) is 65.0 Å². The molecule has 0 heterocycles. The molecule has 0 aliphatic heterocycles. The average molecular weight is 690 g/mol. The first-order chi connectivity index (χ1) is 10.9. The minimum absolute atomic E-state index is 0. The molecule has 0 aliphatic carbocycles. The van der Waals surface area contributed by atoms with Crippen LogP contribution in [0.25, 0.3) is 0 Å². The largest absolute Gasteiger partial charge is 0.549 e. The maximum Gasteiger partial charge on any atom is 0.549 e. The van der Waals surface area contributed by atoms with E-state index in [2.05, 4.69) is 37.2 Å². The van der Waals surface area contributed by atoms with Gasteiger partial charge in [0.1, 0.15) is 0 Å². The second kappa shape index (κ2) is 221. The van der Waals surface area contributed by atoms with Crippen molar-refractivity contribution >= 4 is 102 Å². The minimum atomic E-state index is -1.42. The molecule has 0 fully saturated rings. The molecule has 0 saturated heterocycles. The third-order valence-corrected chi connectivity index (χ3v) is 0. The lowest BCUT2D eigenvalue weighted by atomic mass is 12.0. The van der Waals surface area contributed by atoms with Gasteiger partial charge in [0.05, 0.1) is 0 Å². The zero-order chi connectivity index (χ0) is 20.9. The normalized spacial score (nSPS) is 2.58. The zero-order valence-electron chi connectivity index (χ0n) is 9.97. The highest BCUT2D eigenvalue weighted by Gasteiger charge is 1.23. The first kappa shape index (κ1) is 56.4. The lowest BCUT2D eigenvalue weighted by molar-refractivity contribution is 0.496. The highest BCUT2D eigenvalue weighted by molar-refractivity contribution is 15.0. The Morgan fingerprint density at radius 3 is 0.292 bits per heavy atom. The second-order valence-corrected chi connectivity index (χ2v) is 1.75. The number of hydrogen-bond donors (Lipinski definition) is 0. The Balaban J connectivity index is -0.0000000153. The van der Waals surface area contributed by atoms with Gasteiger partial charge in [-0.1, -0.05) is 7.43 Å². The third-order valence-electron chi connectivity index (χ3n) is 0. The average Bonchev–Trinajstić information content (AvgIpc) is 2.46. The Bertz CT molecular complexity index is 300. The summed E-state index contributed by atoms with van der Waals surface area (Å²) in [6.07, 6.45) is 0. The third kappa shape index (κ3) is 313000. The van der Waals surface area contributed by atoms with Crippen LogP contribution in [0, 0.1) is 0 Å². The van der Waals surface area contributed by atoms with Gasteiger partial charge in [0.2, 0.25) is 0 Å². The van der Waals surface area contributed by atoms with Crippen LogP contribution in [0.15, 0.2) is 0 Å². The van der Waals surface area contributed by atoms with E-state index in [1.165, 1.54) is 0 Å². The minimum Gasteiger partial charge on any atom is -0.274 e. The zero-order valence-corrected chi connectivity index (χ0v) is 21.3. The highest BCUT2D eigenvalue weighted by Crippen LogP contribution is 1.89. The van der Waals surface area contributed by atoms with Crippen molar-refractivity contribution in [2.24, 2.45) is 0 Å². The molecule has 0 rings (SSSR count). The molecule has 0 radical (unpaired) electrons. The summed E-state index contributed by atoms with van der Waals surface area (Å²) in [6.45, 7) is 0. The molecule has 0 aromatic carbocycles. The monoisotopic (exact) mass is 690 g/mol. The van der Waals surface area contributed by atoms with Gasteiger partial charge in [-0.05, 0) is 0 Å². The van der Waals surface area contributed by atoms with E-state index in [1.54, 1.807) is 0 Å². The predicted octanol–water partition coefficient (Wildman–Crippen LogP) is -1.92. The Morgan fingerprint density at radius 1 is 0.292 bits per heavy atom. The van der Waals surface area contributed by atoms with E-state index in [9.17, 15) is 0 Å². The fourth-order valence-electron chi connectivity index (χ4n) is 0. The summed E-state index contributed by atoms with van der Waals surface area (Å²) in [5.74, 6) is 0. The van der Waals surface area contributed by atoms with Crippen LogP contribution in [0.2, 0.25) is 0 Å². The van der Waals surface area contributed by atoms with Gasteiger partial charge in [-0.15, -0.1) is 0 Å². The van der Waals surface area contributed by atoms with Gasteiger partial charge in [-0.2, -0.15) is 0 Å². The van der Waals surface area contributed by atoms with Gasteiger partial charge in [0.25, 0.3) is 0 Å². The maximum absolute atomic E-state index is 8.40. The van der Waals surface area contributed by atoms with Crippen LogP contribution in [0.3, 0.4) is 0 Å². The molecular weight excluding hydrogens is 686 g/mol. The molecule has 24 heavy (non-hydrogen) atoms. The van der Waals surface area contributed by atoms with Crippen molar-refractivity contribution in [2.45, 2.75) is 7.43 Å². The predicted molar refractivity (Wildman–Crippen MR) is 84.7 cm³/mol. The van der Waals surface area contributed by atoms with Crippen LogP contribution < -0.4 is 0 Å². The van der Waals surface area contributed by atoms with Gasteiger partial charge < -0.3 is 0 Å². The number of rotatable bonds is 0. The van der Waals surface area contributed by atoms with Crippen molar-refractivity contribution in [3.8, 4) is 0 Å². The molecule has 0 unspecified atom stereocenters. The van der Waals surface area contributed by atoms with E-state index in [0.29, 0.717) is 0 Å². The number of halogens is 2. The Labute approximate surface area is 171 Å². The highest BCUT2D eigenvalue weighted by atomic mass is 128. The SMILES string of the molecule is C.II.O=[Si]=O.O=[Si]=O.O=[Si]=O.O=[Si]=O.O=[Si]=O.O=[Si]=O.O=[Si]=O. The fraction of sp³-hybridized carbons (Fsp3) is 1.00. The van der Waals surface area contributed by atoms with Crippen molar-refractivity contribution < 1.29 is 62.5 Å². The summed E-state index contributed by atoms with van der Waals surface area (Å²) in [7, 11) is -9.92. The van der Waals surface area contributed by atoms with E-state index in [4.69, 9.17) is 62.5 Å². The maximum atomic E-state index is 8.40. The van der Waals surface area contributed by atoms with Gasteiger partial charge in [-0.3, -0.25) is 62.5 Å². The number of hydrogen-bond acceptors (Lipinski definition) is 14. The van der Waals surface area contributed by atoms with Crippen molar-refractivity contribution in [3.63, 3.8) is 0 Å². The van der Waals surface area contributed by atoms with Crippen LogP contribution in [0.1, 0.15) is 7.43 Å². The van der Waals surface area contributed by atoms with Gasteiger partial charge in [0.15, 0.2) is 0 Å². The van der Waals surface area contributed by atoms with E-state index < -0.39 is 65.0 Å². The molecule has 23 heteroatoms. The Hall–Kier alpha value is 0.178. The molecule has 0 N–H and O–H groups in total. The Kier molecular flexibility index (Phi) is 520. The van der Waals surface area contributed by atoms with E-state index >= 15 is 0 Å². The standard InChI is InChI=1S/CH4.I2.7O2Si/c;1-2;7*1-3-2/h1H4;;;;;;;;. The molecular formula is CH4I2O14Si7. The topological polar surface area (TPSA) is 239 Å². The summed E-state index contributed by atoms with van der Waals surface area (Å²) in [6, 6.07) is 0.